The number of aromatic nitrogens is 3. The van der Waals surface area contributed by atoms with Crippen molar-refractivity contribution in [3.8, 4) is 6.01 Å². The summed E-state index contributed by atoms with van der Waals surface area (Å²) in [7, 11) is 1.51. The zero-order valence-electron chi connectivity index (χ0n) is 10.1. The lowest BCUT2D eigenvalue weighted by molar-refractivity contribution is 0.380. The molecule has 2 aromatic heterocycles. The first kappa shape index (κ1) is 12.6. The zero-order valence-corrected chi connectivity index (χ0v) is 10.9. The Morgan fingerprint density at radius 2 is 2.17 bits per heavy atom. The minimum atomic E-state index is 0.277. The second kappa shape index (κ2) is 5.64. The minimum Gasteiger partial charge on any atom is -0.467 e. The monoisotopic (exact) mass is 264 g/mol. The maximum atomic E-state index is 5.99. The number of nitrogens with zero attached hydrogens (tertiary/aromatic N) is 3. The van der Waals surface area contributed by atoms with Crippen molar-refractivity contribution in [3.05, 3.63) is 40.8 Å². The van der Waals surface area contributed by atoms with Crippen LogP contribution in [0.3, 0.4) is 0 Å². The van der Waals surface area contributed by atoms with Crippen LogP contribution in [0, 0.1) is 6.92 Å². The van der Waals surface area contributed by atoms with Gasteiger partial charge in [0.15, 0.2) is 5.82 Å². The van der Waals surface area contributed by atoms with E-state index in [1.165, 1.54) is 13.3 Å². The number of ether oxygens (including phenoxy) is 1. The summed E-state index contributed by atoms with van der Waals surface area (Å²) in [6.45, 7) is 2.49. The van der Waals surface area contributed by atoms with E-state index in [2.05, 4.69) is 20.3 Å². The molecule has 0 aliphatic heterocycles. The van der Waals surface area contributed by atoms with Crippen LogP contribution in [0.4, 0.5) is 5.82 Å². The summed E-state index contributed by atoms with van der Waals surface area (Å²) < 4.78 is 4.94. The molecule has 0 saturated heterocycles. The fraction of sp³-hybridized carbons (Fsp3) is 0.250. The summed E-state index contributed by atoms with van der Waals surface area (Å²) in [5, 5.41) is 3.55. The van der Waals surface area contributed by atoms with E-state index in [1.807, 2.05) is 25.1 Å². The van der Waals surface area contributed by atoms with Crippen molar-refractivity contribution < 1.29 is 4.74 Å². The summed E-state index contributed by atoms with van der Waals surface area (Å²) in [6.07, 6.45) is 1.50. The van der Waals surface area contributed by atoms with Crippen molar-refractivity contribution in [2.24, 2.45) is 0 Å². The van der Waals surface area contributed by atoms with Gasteiger partial charge in [-0.05, 0) is 19.1 Å². The Hall–Kier alpha value is -1.88. The molecule has 94 valence electrons. The lowest BCUT2D eigenvalue weighted by Gasteiger charge is -2.08. The van der Waals surface area contributed by atoms with Gasteiger partial charge >= 0.3 is 6.01 Å². The van der Waals surface area contributed by atoms with E-state index in [4.69, 9.17) is 16.3 Å². The van der Waals surface area contributed by atoms with Crippen LogP contribution in [0.2, 0.25) is 5.02 Å². The number of hydrogen-bond donors (Lipinski definition) is 1. The molecule has 2 rings (SSSR count). The van der Waals surface area contributed by atoms with Crippen molar-refractivity contribution in [1.82, 2.24) is 15.0 Å². The lowest BCUT2D eigenvalue weighted by atomic mass is 10.3. The Bertz CT molecular complexity index is 547. The van der Waals surface area contributed by atoms with Gasteiger partial charge in [-0.25, -0.2) is 4.98 Å². The Morgan fingerprint density at radius 1 is 1.33 bits per heavy atom. The fourth-order valence-corrected chi connectivity index (χ4v) is 1.60. The van der Waals surface area contributed by atoms with E-state index >= 15 is 0 Å². The molecule has 18 heavy (non-hydrogen) atoms. The Kier molecular flexibility index (Phi) is 3.94. The second-order valence-corrected chi connectivity index (χ2v) is 4.08. The Labute approximate surface area is 110 Å². The van der Waals surface area contributed by atoms with Crippen molar-refractivity contribution in [2.45, 2.75) is 13.5 Å². The number of nitrogens with one attached hydrogen (secondary N) is 1. The maximum absolute atomic E-state index is 5.99. The quantitative estimate of drug-likeness (QED) is 0.919. The zero-order chi connectivity index (χ0) is 13.0. The summed E-state index contributed by atoms with van der Waals surface area (Å²) >= 11 is 5.99. The molecule has 0 fully saturated rings. The maximum Gasteiger partial charge on any atom is 0.318 e. The van der Waals surface area contributed by atoms with Gasteiger partial charge in [0.1, 0.15) is 5.02 Å². The van der Waals surface area contributed by atoms with E-state index in [0.29, 0.717) is 17.4 Å². The number of methoxy groups -OCH3 is 1. The number of rotatable bonds is 4. The van der Waals surface area contributed by atoms with Crippen molar-refractivity contribution in [1.29, 1.82) is 0 Å². The highest BCUT2D eigenvalue weighted by atomic mass is 35.5. The summed E-state index contributed by atoms with van der Waals surface area (Å²) in [5.74, 6) is 0.534. The Morgan fingerprint density at radius 3 is 2.89 bits per heavy atom. The third-order valence-corrected chi connectivity index (χ3v) is 2.56. The van der Waals surface area contributed by atoms with Crippen molar-refractivity contribution >= 4 is 17.4 Å². The van der Waals surface area contributed by atoms with E-state index in [9.17, 15) is 0 Å². The van der Waals surface area contributed by atoms with Gasteiger partial charge in [0.2, 0.25) is 0 Å². The SMILES string of the molecule is COc1ncc(Cl)c(NCc2cccc(C)n2)n1. The van der Waals surface area contributed by atoms with Crippen LogP contribution < -0.4 is 10.1 Å². The highest BCUT2D eigenvalue weighted by Crippen LogP contribution is 2.20. The highest BCUT2D eigenvalue weighted by Gasteiger charge is 2.05. The normalized spacial score (nSPS) is 10.2. The largest absolute Gasteiger partial charge is 0.467 e. The van der Waals surface area contributed by atoms with Gasteiger partial charge in [0, 0.05) is 5.69 Å². The average Bonchev–Trinajstić information content (AvgIpc) is 2.38. The smallest absolute Gasteiger partial charge is 0.318 e. The van der Waals surface area contributed by atoms with E-state index in [1.54, 1.807) is 0 Å². The van der Waals surface area contributed by atoms with Gasteiger partial charge in [0.05, 0.1) is 25.5 Å². The Balaban J connectivity index is 2.10. The topological polar surface area (TPSA) is 59.9 Å². The van der Waals surface area contributed by atoms with Gasteiger partial charge < -0.3 is 10.1 Å². The third kappa shape index (κ3) is 3.07. The molecular formula is C12H13ClN4O. The van der Waals surface area contributed by atoms with Gasteiger partial charge in [-0.1, -0.05) is 17.7 Å². The molecule has 0 spiro atoms. The summed E-state index contributed by atoms with van der Waals surface area (Å²) in [5.41, 5.74) is 1.89. The van der Waals surface area contributed by atoms with Crippen molar-refractivity contribution in [3.63, 3.8) is 0 Å². The number of pyridine rings is 1. The van der Waals surface area contributed by atoms with Gasteiger partial charge in [-0.3, -0.25) is 4.98 Å². The van der Waals surface area contributed by atoms with Gasteiger partial charge in [-0.2, -0.15) is 4.98 Å². The molecule has 0 amide bonds. The van der Waals surface area contributed by atoms with Crippen LogP contribution in [0.1, 0.15) is 11.4 Å². The third-order valence-electron chi connectivity index (χ3n) is 2.29. The molecular weight excluding hydrogens is 252 g/mol. The number of hydrogen-bond acceptors (Lipinski definition) is 5. The van der Waals surface area contributed by atoms with E-state index in [0.717, 1.165) is 11.4 Å². The molecule has 0 saturated carbocycles. The number of halogens is 1. The van der Waals surface area contributed by atoms with E-state index in [-0.39, 0.29) is 6.01 Å². The minimum absolute atomic E-state index is 0.277. The molecule has 0 aliphatic rings. The average molecular weight is 265 g/mol. The molecule has 0 aliphatic carbocycles. The second-order valence-electron chi connectivity index (χ2n) is 3.68. The molecule has 0 bridgehead atoms. The van der Waals surface area contributed by atoms with Gasteiger partial charge in [0.25, 0.3) is 0 Å². The fourth-order valence-electron chi connectivity index (χ4n) is 1.45. The number of anilines is 1. The standard InChI is InChI=1S/C12H13ClN4O/c1-8-4-3-5-9(16-8)6-14-11-10(13)7-15-12(17-11)18-2/h3-5,7H,6H2,1-2H3,(H,14,15,17). The molecule has 0 aromatic carbocycles. The summed E-state index contributed by atoms with van der Waals surface area (Å²) in [4.78, 5) is 12.4. The van der Waals surface area contributed by atoms with Crippen LogP contribution >= 0.6 is 11.6 Å². The predicted octanol–water partition coefficient (Wildman–Crippen LogP) is 2.45. The van der Waals surface area contributed by atoms with Crippen molar-refractivity contribution in [2.75, 3.05) is 12.4 Å². The molecule has 2 heterocycles. The summed E-state index contributed by atoms with van der Waals surface area (Å²) in [6, 6.07) is 6.12. The van der Waals surface area contributed by atoms with Crippen LogP contribution in [0.15, 0.2) is 24.4 Å². The van der Waals surface area contributed by atoms with Gasteiger partial charge in [-0.15, -0.1) is 0 Å². The predicted molar refractivity (Wildman–Crippen MR) is 69.9 cm³/mol. The molecule has 5 nitrogen and oxygen atoms in total. The molecule has 0 unspecified atom stereocenters. The van der Waals surface area contributed by atoms with E-state index < -0.39 is 0 Å². The molecule has 0 atom stereocenters. The van der Waals surface area contributed by atoms with Crippen LogP contribution in [0.25, 0.3) is 0 Å². The first-order chi connectivity index (χ1) is 8.69. The van der Waals surface area contributed by atoms with Crippen LogP contribution in [-0.4, -0.2) is 22.1 Å². The number of aryl methyl sites for hydroxylation is 1. The first-order valence-electron chi connectivity index (χ1n) is 5.42. The first-order valence-corrected chi connectivity index (χ1v) is 5.80. The lowest BCUT2D eigenvalue weighted by Crippen LogP contribution is -2.05. The van der Waals surface area contributed by atoms with Crippen LogP contribution in [-0.2, 0) is 6.54 Å². The van der Waals surface area contributed by atoms with Crippen LogP contribution in [0.5, 0.6) is 6.01 Å². The highest BCUT2D eigenvalue weighted by molar-refractivity contribution is 6.32. The molecule has 1 N–H and O–H groups in total. The molecule has 2 aromatic rings. The molecule has 6 heteroatoms. The molecule has 0 radical (unpaired) electrons.